The molecule has 1 saturated heterocycles. The average molecular weight is 232 g/mol. The average Bonchev–Trinajstić information content (AvgIpc) is 2.39. The van der Waals surface area contributed by atoms with Gasteiger partial charge in [0, 0.05) is 18.8 Å². The van der Waals surface area contributed by atoms with Gasteiger partial charge in [-0.1, -0.05) is 13.3 Å². The number of benzene rings is 1. The zero-order valence-electron chi connectivity index (χ0n) is 10.1. The Bertz CT molecular complexity index is 428. The molecule has 0 radical (unpaired) electrons. The van der Waals surface area contributed by atoms with Crippen LogP contribution in [-0.4, -0.2) is 13.1 Å². The molecular formula is C14H17FN2. The number of hydrogen-bond donors (Lipinski definition) is 0. The van der Waals surface area contributed by atoms with Crippen molar-refractivity contribution in [3.63, 3.8) is 0 Å². The van der Waals surface area contributed by atoms with Crippen molar-refractivity contribution in [3.05, 3.63) is 29.6 Å². The second-order valence-corrected chi connectivity index (χ2v) is 4.61. The highest BCUT2D eigenvalue weighted by molar-refractivity contribution is 5.50. The minimum atomic E-state index is -0.414. The summed E-state index contributed by atoms with van der Waals surface area (Å²) in [5.41, 5.74) is 1.02. The van der Waals surface area contributed by atoms with Crippen LogP contribution >= 0.6 is 0 Å². The van der Waals surface area contributed by atoms with Gasteiger partial charge in [0.15, 0.2) is 0 Å². The molecule has 0 aliphatic carbocycles. The van der Waals surface area contributed by atoms with Crippen molar-refractivity contribution < 1.29 is 4.39 Å². The second-order valence-electron chi connectivity index (χ2n) is 4.61. The van der Waals surface area contributed by atoms with Gasteiger partial charge in [-0.05, 0) is 37.0 Å². The van der Waals surface area contributed by atoms with E-state index in [-0.39, 0.29) is 5.56 Å². The lowest BCUT2D eigenvalue weighted by molar-refractivity contribution is 0.395. The molecule has 1 fully saturated rings. The highest BCUT2D eigenvalue weighted by atomic mass is 19.1. The summed E-state index contributed by atoms with van der Waals surface area (Å²) >= 11 is 0. The van der Waals surface area contributed by atoms with E-state index < -0.39 is 5.82 Å². The van der Waals surface area contributed by atoms with Crippen LogP contribution in [0, 0.1) is 23.1 Å². The molecular weight excluding hydrogens is 215 g/mol. The molecule has 0 aromatic heterocycles. The molecule has 90 valence electrons. The summed E-state index contributed by atoms with van der Waals surface area (Å²) < 4.78 is 13.5. The van der Waals surface area contributed by atoms with Crippen LogP contribution < -0.4 is 4.90 Å². The van der Waals surface area contributed by atoms with Crippen LogP contribution in [0.1, 0.15) is 31.7 Å². The lowest BCUT2D eigenvalue weighted by Crippen LogP contribution is -2.33. The predicted octanol–water partition coefficient (Wildman–Crippen LogP) is 3.32. The van der Waals surface area contributed by atoms with E-state index in [1.165, 1.54) is 25.3 Å². The molecule has 2 nitrogen and oxygen atoms in total. The van der Waals surface area contributed by atoms with Crippen molar-refractivity contribution in [1.82, 2.24) is 0 Å². The maximum atomic E-state index is 13.5. The summed E-state index contributed by atoms with van der Waals surface area (Å²) in [6, 6.07) is 6.73. The molecule has 1 aromatic rings. The van der Waals surface area contributed by atoms with Crippen molar-refractivity contribution in [2.75, 3.05) is 18.0 Å². The van der Waals surface area contributed by atoms with Crippen LogP contribution in [0.25, 0.3) is 0 Å². The van der Waals surface area contributed by atoms with E-state index in [1.807, 2.05) is 12.1 Å². The standard InChI is InChI=1S/C14H17FN2/c1-2-11-5-7-17(8-6-11)13-4-3-12(10-16)14(15)9-13/h3-4,9,11H,2,5-8H2,1H3. The maximum Gasteiger partial charge on any atom is 0.143 e. The Morgan fingerprint density at radius 3 is 2.65 bits per heavy atom. The summed E-state index contributed by atoms with van der Waals surface area (Å²) in [7, 11) is 0. The van der Waals surface area contributed by atoms with Crippen LogP contribution in [0.5, 0.6) is 0 Å². The van der Waals surface area contributed by atoms with Crippen molar-refractivity contribution in [3.8, 4) is 6.07 Å². The number of piperidine rings is 1. The molecule has 0 unspecified atom stereocenters. The summed E-state index contributed by atoms with van der Waals surface area (Å²) in [4.78, 5) is 2.20. The van der Waals surface area contributed by atoms with Crippen molar-refractivity contribution >= 4 is 5.69 Å². The van der Waals surface area contributed by atoms with Crippen molar-refractivity contribution in [1.29, 1.82) is 5.26 Å². The largest absolute Gasteiger partial charge is 0.371 e. The van der Waals surface area contributed by atoms with Gasteiger partial charge in [0.25, 0.3) is 0 Å². The molecule has 1 heterocycles. The molecule has 3 heteroatoms. The first-order valence-corrected chi connectivity index (χ1v) is 6.19. The Labute approximate surface area is 102 Å². The highest BCUT2D eigenvalue weighted by Gasteiger charge is 2.18. The van der Waals surface area contributed by atoms with E-state index in [2.05, 4.69) is 11.8 Å². The Balaban J connectivity index is 2.09. The lowest BCUT2D eigenvalue weighted by atomic mass is 9.94. The van der Waals surface area contributed by atoms with Crippen LogP contribution in [0.4, 0.5) is 10.1 Å². The summed E-state index contributed by atoms with van der Waals surface area (Å²) in [6.45, 7) is 4.20. The van der Waals surface area contributed by atoms with Crippen molar-refractivity contribution in [2.24, 2.45) is 5.92 Å². The Hall–Kier alpha value is -1.56. The van der Waals surface area contributed by atoms with E-state index in [0.29, 0.717) is 0 Å². The zero-order chi connectivity index (χ0) is 12.3. The normalized spacial score (nSPS) is 16.9. The first kappa shape index (κ1) is 11.9. The van der Waals surface area contributed by atoms with Gasteiger partial charge < -0.3 is 4.90 Å². The molecule has 1 aliphatic heterocycles. The number of hydrogen-bond acceptors (Lipinski definition) is 2. The van der Waals surface area contributed by atoms with E-state index >= 15 is 0 Å². The molecule has 0 amide bonds. The van der Waals surface area contributed by atoms with Crippen LogP contribution in [0.2, 0.25) is 0 Å². The van der Waals surface area contributed by atoms with Gasteiger partial charge in [-0.3, -0.25) is 0 Å². The first-order chi connectivity index (χ1) is 8.24. The smallest absolute Gasteiger partial charge is 0.143 e. The molecule has 0 spiro atoms. The Morgan fingerprint density at radius 2 is 2.12 bits per heavy atom. The number of anilines is 1. The molecule has 0 saturated carbocycles. The van der Waals surface area contributed by atoms with E-state index in [9.17, 15) is 4.39 Å². The quantitative estimate of drug-likeness (QED) is 0.782. The molecule has 0 atom stereocenters. The topological polar surface area (TPSA) is 27.0 Å². The third-order valence-electron chi connectivity index (χ3n) is 3.63. The maximum absolute atomic E-state index is 13.5. The van der Waals surface area contributed by atoms with Gasteiger partial charge in [-0.2, -0.15) is 5.26 Å². The van der Waals surface area contributed by atoms with Crippen LogP contribution in [-0.2, 0) is 0 Å². The molecule has 2 rings (SSSR count). The van der Waals surface area contributed by atoms with Crippen LogP contribution in [0.3, 0.4) is 0 Å². The SMILES string of the molecule is CCC1CCN(c2ccc(C#N)c(F)c2)CC1. The summed E-state index contributed by atoms with van der Waals surface area (Å²) in [5.74, 6) is 0.400. The van der Waals surface area contributed by atoms with Gasteiger partial charge >= 0.3 is 0 Å². The van der Waals surface area contributed by atoms with Gasteiger partial charge in [-0.25, -0.2) is 4.39 Å². The summed E-state index contributed by atoms with van der Waals surface area (Å²) in [6.07, 6.45) is 3.59. The molecule has 17 heavy (non-hydrogen) atoms. The lowest BCUT2D eigenvalue weighted by Gasteiger charge is -2.33. The minimum absolute atomic E-state index is 0.122. The van der Waals surface area contributed by atoms with Crippen LogP contribution in [0.15, 0.2) is 18.2 Å². The Morgan fingerprint density at radius 1 is 1.41 bits per heavy atom. The minimum Gasteiger partial charge on any atom is -0.371 e. The molecule has 1 aromatic carbocycles. The number of nitriles is 1. The third kappa shape index (κ3) is 2.58. The predicted molar refractivity (Wildman–Crippen MR) is 66.3 cm³/mol. The van der Waals surface area contributed by atoms with Gasteiger partial charge in [0.2, 0.25) is 0 Å². The third-order valence-corrected chi connectivity index (χ3v) is 3.63. The molecule has 1 aliphatic rings. The fourth-order valence-corrected chi connectivity index (χ4v) is 2.39. The number of rotatable bonds is 2. The summed E-state index contributed by atoms with van der Waals surface area (Å²) in [5, 5.41) is 8.68. The molecule has 0 N–H and O–H groups in total. The fraction of sp³-hybridized carbons (Fsp3) is 0.500. The monoisotopic (exact) mass is 232 g/mol. The number of halogens is 1. The van der Waals surface area contributed by atoms with E-state index in [4.69, 9.17) is 5.26 Å². The molecule has 0 bridgehead atoms. The van der Waals surface area contributed by atoms with E-state index in [0.717, 1.165) is 24.7 Å². The Kier molecular flexibility index (Phi) is 3.63. The second kappa shape index (κ2) is 5.18. The first-order valence-electron chi connectivity index (χ1n) is 6.19. The fourth-order valence-electron chi connectivity index (χ4n) is 2.39. The highest BCUT2D eigenvalue weighted by Crippen LogP contribution is 2.26. The zero-order valence-corrected chi connectivity index (χ0v) is 10.1. The number of nitrogens with zero attached hydrogens (tertiary/aromatic N) is 2. The van der Waals surface area contributed by atoms with Gasteiger partial charge in [0.05, 0.1) is 5.56 Å². The van der Waals surface area contributed by atoms with Crippen molar-refractivity contribution in [2.45, 2.75) is 26.2 Å². The van der Waals surface area contributed by atoms with E-state index in [1.54, 1.807) is 6.07 Å². The van der Waals surface area contributed by atoms with Gasteiger partial charge in [0.1, 0.15) is 11.9 Å². The van der Waals surface area contributed by atoms with Gasteiger partial charge in [-0.15, -0.1) is 0 Å².